The highest BCUT2D eigenvalue weighted by molar-refractivity contribution is 6.30. The number of hydrogen-bond acceptors (Lipinski definition) is 2. The van der Waals surface area contributed by atoms with Crippen molar-refractivity contribution in [3.05, 3.63) is 66.2 Å². The zero-order chi connectivity index (χ0) is 13.2. The van der Waals surface area contributed by atoms with Crippen molar-refractivity contribution in [1.29, 1.82) is 0 Å². The molecular weight excluding hydrogens is 248 g/mol. The summed E-state index contributed by atoms with van der Waals surface area (Å²) < 4.78 is 4.91. The maximum Gasteiger partial charge on any atom is 0.177 e. The standard InChI is InChI=1S/C8H7ClO.C7H8O/c9-6-8(10)7-4-2-1-3-5-7;1-8-7-5-3-2-4-6-7/h1-5H,6H2;2-6H,1H3. The number of para-hydroxylation sites is 1. The lowest BCUT2D eigenvalue weighted by Gasteiger charge is -1.93. The average molecular weight is 263 g/mol. The van der Waals surface area contributed by atoms with Gasteiger partial charge in [-0.1, -0.05) is 48.5 Å². The molecule has 0 atom stereocenters. The molecule has 18 heavy (non-hydrogen) atoms. The monoisotopic (exact) mass is 262 g/mol. The predicted molar refractivity (Wildman–Crippen MR) is 74.5 cm³/mol. The summed E-state index contributed by atoms with van der Waals surface area (Å²) in [7, 11) is 1.66. The lowest BCUT2D eigenvalue weighted by molar-refractivity contribution is 0.102. The third kappa shape index (κ3) is 5.02. The molecule has 0 aliphatic rings. The Kier molecular flexibility index (Phi) is 6.59. The number of alkyl halides is 1. The fraction of sp³-hybridized carbons (Fsp3) is 0.133. The zero-order valence-corrected chi connectivity index (χ0v) is 10.9. The fourth-order valence-electron chi connectivity index (χ4n) is 1.26. The van der Waals surface area contributed by atoms with Gasteiger partial charge in [0.15, 0.2) is 5.78 Å². The van der Waals surface area contributed by atoms with E-state index < -0.39 is 0 Å². The Labute approximate surface area is 112 Å². The highest BCUT2D eigenvalue weighted by atomic mass is 35.5. The van der Waals surface area contributed by atoms with Crippen LogP contribution in [-0.4, -0.2) is 18.8 Å². The van der Waals surface area contributed by atoms with Crippen LogP contribution in [0.15, 0.2) is 60.7 Å². The number of rotatable bonds is 3. The molecule has 0 aliphatic heterocycles. The Morgan fingerprint density at radius 1 is 1.00 bits per heavy atom. The van der Waals surface area contributed by atoms with Crippen LogP contribution in [-0.2, 0) is 0 Å². The lowest BCUT2D eigenvalue weighted by Crippen LogP contribution is -1.98. The van der Waals surface area contributed by atoms with Gasteiger partial charge >= 0.3 is 0 Å². The van der Waals surface area contributed by atoms with Gasteiger partial charge in [0, 0.05) is 5.56 Å². The Hall–Kier alpha value is -1.80. The number of hydrogen-bond donors (Lipinski definition) is 0. The molecule has 0 amide bonds. The van der Waals surface area contributed by atoms with Gasteiger partial charge in [-0.25, -0.2) is 0 Å². The molecule has 3 heteroatoms. The molecule has 0 spiro atoms. The summed E-state index contributed by atoms with van der Waals surface area (Å²) in [6.45, 7) is 0. The van der Waals surface area contributed by atoms with Crippen LogP contribution in [0.4, 0.5) is 0 Å². The second-order valence-corrected chi connectivity index (χ2v) is 3.71. The van der Waals surface area contributed by atoms with Gasteiger partial charge in [0.25, 0.3) is 0 Å². The number of halogens is 1. The first-order valence-corrected chi connectivity index (χ1v) is 6.04. The van der Waals surface area contributed by atoms with Crippen LogP contribution in [0.25, 0.3) is 0 Å². The van der Waals surface area contributed by atoms with Crippen LogP contribution in [0.5, 0.6) is 5.75 Å². The summed E-state index contributed by atoms with van der Waals surface area (Å²) in [4.78, 5) is 10.9. The highest BCUT2D eigenvalue weighted by Crippen LogP contribution is 2.05. The van der Waals surface area contributed by atoms with E-state index in [1.165, 1.54) is 0 Å². The first kappa shape index (κ1) is 14.3. The van der Waals surface area contributed by atoms with E-state index in [1.54, 1.807) is 19.2 Å². The van der Waals surface area contributed by atoms with Crippen LogP contribution < -0.4 is 4.74 Å². The van der Waals surface area contributed by atoms with E-state index in [0.717, 1.165) is 5.75 Å². The third-order valence-corrected chi connectivity index (χ3v) is 2.44. The molecule has 2 nitrogen and oxygen atoms in total. The van der Waals surface area contributed by atoms with Gasteiger partial charge in [-0.05, 0) is 12.1 Å². The molecule has 0 bridgehead atoms. The van der Waals surface area contributed by atoms with E-state index in [0.29, 0.717) is 5.56 Å². The predicted octanol–water partition coefficient (Wildman–Crippen LogP) is 3.80. The number of ether oxygens (including phenoxy) is 1. The minimum absolute atomic E-state index is 0.0257. The Balaban J connectivity index is 0.000000184. The molecule has 2 rings (SSSR count). The molecule has 0 aliphatic carbocycles. The van der Waals surface area contributed by atoms with E-state index >= 15 is 0 Å². The van der Waals surface area contributed by atoms with E-state index in [2.05, 4.69) is 0 Å². The molecule has 0 radical (unpaired) electrons. The molecule has 2 aromatic carbocycles. The molecule has 0 saturated heterocycles. The number of ketones is 1. The zero-order valence-electron chi connectivity index (χ0n) is 10.2. The first-order chi connectivity index (χ1) is 8.77. The van der Waals surface area contributed by atoms with Gasteiger partial charge in [-0.2, -0.15) is 0 Å². The van der Waals surface area contributed by atoms with Crippen molar-refractivity contribution in [2.75, 3.05) is 13.0 Å². The van der Waals surface area contributed by atoms with Crippen molar-refractivity contribution in [3.8, 4) is 5.75 Å². The molecule has 0 N–H and O–H groups in total. The Bertz CT molecular complexity index is 454. The summed E-state index contributed by atoms with van der Waals surface area (Å²) >= 11 is 5.34. The highest BCUT2D eigenvalue weighted by Gasteiger charge is 1.99. The molecule has 94 valence electrons. The van der Waals surface area contributed by atoms with Crippen LogP contribution in [0, 0.1) is 0 Å². The molecule has 0 saturated carbocycles. The number of carbonyl (C=O) groups excluding carboxylic acids is 1. The van der Waals surface area contributed by atoms with Gasteiger partial charge in [0.2, 0.25) is 0 Å². The maximum atomic E-state index is 10.9. The van der Waals surface area contributed by atoms with Crippen molar-refractivity contribution in [1.82, 2.24) is 0 Å². The van der Waals surface area contributed by atoms with Gasteiger partial charge in [0.05, 0.1) is 13.0 Å². The van der Waals surface area contributed by atoms with E-state index in [-0.39, 0.29) is 11.7 Å². The third-order valence-electron chi connectivity index (χ3n) is 2.20. The molecule has 0 unspecified atom stereocenters. The topological polar surface area (TPSA) is 26.3 Å². The van der Waals surface area contributed by atoms with Crippen molar-refractivity contribution in [2.24, 2.45) is 0 Å². The quantitative estimate of drug-likeness (QED) is 0.621. The second kappa shape index (κ2) is 8.31. The molecular formula is C15H15ClO2. The number of benzene rings is 2. The Morgan fingerprint density at radius 3 is 1.89 bits per heavy atom. The maximum absolute atomic E-state index is 10.9. The summed E-state index contributed by atoms with van der Waals surface area (Å²) in [6.07, 6.45) is 0. The van der Waals surface area contributed by atoms with Gasteiger partial charge in [-0.3, -0.25) is 4.79 Å². The van der Waals surface area contributed by atoms with E-state index in [1.807, 2.05) is 48.5 Å². The van der Waals surface area contributed by atoms with Crippen molar-refractivity contribution < 1.29 is 9.53 Å². The summed E-state index contributed by atoms with van der Waals surface area (Å²) in [5, 5.41) is 0. The summed E-state index contributed by atoms with van der Waals surface area (Å²) in [5.41, 5.74) is 0.678. The molecule has 0 aromatic heterocycles. The first-order valence-electron chi connectivity index (χ1n) is 5.51. The molecule has 2 aromatic rings. The SMILES string of the molecule is COc1ccccc1.O=C(CCl)c1ccccc1. The molecule has 0 heterocycles. The van der Waals surface area contributed by atoms with Gasteiger partial charge < -0.3 is 4.74 Å². The van der Waals surface area contributed by atoms with Crippen LogP contribution >= 0.6 is 11.6 Å². The van der Waals surface area contributed by atoms with Gasteiger partial charge in [0.1, 0.15) is 5.75 Å². The van der Waals surface area contributed by atoms with Crippen molar-refractivity contribution in [3.63, 3.8) is 0 Å². The van der Waals surface area contributed by atoms with Crippen LogP contribution in [0.2, 0.25) is 0 Å². The minimum atomic E-state index is -0.0257. The number of methoxy groups -OCH3 is 1. The second-order valence-electron chi connectivity index (χ2n) is 3.44. The van der Waals surface area contributed by atoms with E-state index in [9.17, 15) is 4.79 Å². The smallest absolute Gasteiger partial charge is 0.177 e. The minimum Gasteiger partial charge on any atom is -0.497 e. The summed E-state index contributed by atoms with van der Waals surface area (Å²) in [6, 6.07) is 18.7. The van der Waals surface area contributed by atoms with Crippen LogP contribution in [0.3, 0.4) is 0 Å². The number of carbonyl (C=O) groups is 1. The summed E-state index contributed by atoms with van der Waals surface area (Å²) in [5.74, 6) is 0.944. The molecule has 0 fully saturated rings. The Morgan fingerprint density at radius 2 is 1.50 bits per heavy atom. The van der Waals surface area contributed by atoms with Gasteiger partial charge in [-0.15, -0.1) is 11.6 Å². The van der Waals surface area contributed by atoms with Crippen molar-refractivity contribution >= 4 is 17.4 Å². The largest absolute Gasteiger partial charge is 0.497 e. The lowest BCUT2D eigenvalue weighted by atomic mass is 10.2. The van der Waals surface area contributed by atoms with Crippen LogP contribution in [0.1, 0.15) is 10.4 Å². The van der Waals surface area contributed by atoms with E-state index in [4.69, 9.17) is 16.3 Å². The average Bonchev–Trinajstić information content (AvgIpc) is 2.49. The van der Waals surface area contributed by atoms with Crippen molar-refractivity contribution in [2.45, 2.75) is 0 Å². The normalized spacial score (nSPS) is 9.00. The number of Topliss-reactive ketones (excluding diaryl/α,β-unsaturated/α-hetero) is 1. The fourth-order valence-corrected chi connectivity index (χ4v) is 1.41.